The number of esters is 1. The van der Waals surface area contributed by atoms with Gasteiger partial charge in [-0.3, -0.25) is 4.90 Å². The maximum atomic E-state index is 11.5. The molecule has 0 spiro atoms. The summed E-state index contributed by atoms with van der Waals surface area (Å²) in [5, 5.41) is 22.4. The van der Waals surface area contributed by atoms with Crippen LogP contribution in [-0.2, 0) is 16.0 Å². The van der Waals surface area contributed by atoms with Crippen molar-refractivity contribution in [3.05, 3.63) is 99.6 Å². The quantitative estimate of drug-likeness (QED) is 0.198. The van der Waals surface area contributed by atoms with Crippen molar-refractivity contribution in [3.63, 3.8) is 0 Å². The Morgan fingerprint density at radius 1 is 0.946 bits per heavy atom. The average molecular weight is 544 g/mol. The van der Waals surface area contributed by atoms with Gasteiger partial charge < -0.3 is 14.9 Å². The number of aliphatic hydroxyl groups excluding tert-OH is 2. The second-order valence-corrected chi connectivity index (χ2v) is 9.63. The van der Waals surface area contributed by atoms with Crippen molar-refractivity contribution in [3.8, 4) is 0 Å². The normalized spacial score (nSPS) is 14.3. The van der Waals surface area contributed by atoms with E-state index in [4.69, 9.17) is 27.9 Å². The third kappa shape index (κ3) is 8.62. The lowest BCUT2D eigenvalue weighted by molar-refractivity contribution is -0.134. The van der Waals surface area contributed by atoms with E-state index in [-0.39, 0.29) is 19.1 Å². The van der Waals surface area contributed by atoms with Gasteiger partial charge in [0.05, 0.1) is 18.5 Å². The van der Waals surface area contributed by atoms with E-state index in [0.717, 1.165) is 16.7 Å². The van der Waals surface area contributed by atoms with Gasteiger partial charge in [0.25, 0.3) is 0 Å². The lowest BCUT2D eigenvalue weighted by Crippen LogP contribution is -2.40. The molecule has 7 nitrogen and oxygen atoms in total. The molecule has 0 aliphatic rings. The average Bonchev–Trinajstić information content (AvgIpc) is 2.88. The van der Waals surface area contributed by atoms with Crippen LogP contribution < -0.4 is 0 Å². The van der Waals surface area contributed by atoms with Crippen LogP contribution in [0.3, 0.4) is 0 Å². The van der Waals surface area contributed by atoms with E-state index in [1.165, 1.54) is 13.2 Å². The van der Waals surface area contributed by atoms with Crippen LogP contribution in [0.5, 0.6) is 0 Å². The van der Waals surface area contributed by atoms with Crippen LogP contribution in [-0.4, -0.2) is 57.3 Å². The first-order valence-corrected chi connectivity index (χ1v) is 12.6. The number of hydrogen-bond donors (Lipinski definition) is 2. The molecule has 0 saturated heterocycles. The topological polar surface area (TPSA) is 95.8 Å². The first-order chi connectivity index (χ1) is 17.7. The summed E-state index contributed by atoms with van der Waals surface area (Å²) in [5.41, 5.74) is 3.71. The fourth-order valence-electron chi connectivity index (χ4n) is 3.98. The third-order valence-electron chi connectivity index (χ3n) is 6.07. The van der Waals surface area contributed by atoms with Crippen molar-refractivity contribution in [2.24, 2.45) is 0 Å². The molecule has 2 N–H and O–H groups in total. The molecule has 0 bridgehead atoms. The molecule has 0 aliphatic carbocycles. The minimum Gasteiger partial charge on any atom is -0.466 e. The lowest BCUT2D eigenvalue weighted by Gasteiger charge is -2.32. The van der Waals surface area contributed by atoms with E-state index in [9.17, 15) is 15.0 Å². The van der Waals surface area contributed by atoms with Gasteiger partial charge in [0, 0.05) is 25.2 Å². The Morgan fingerprint density at radius 3 is 1.92 bits per heavy atom. The van der Waals surface area contributed by atoms with Crippen LogP contribution in [0.2, 0.25) is 10.3 Å². The monoisotopic (exact) mass is 543 g/mol. The molecule has 0 amide bonds. The highest BCUT2D eigenvalue weighted by Crippen LogP contribution is 2.22. The third-order valence-corrected chi connectivity index (χ3v) is 6.49. The fourth-order valence-corrected chi connectivity index (χ4v) is 4.32. The summed E-state index contributed by atoms with van der Waals surface area (Å²) in [6.07, 6.45) is 0.296. The fraction of sp³-hybridized carbons (Fsp3) is 0.321. The number of benzene rings is 1. The zero-order valence-electron chi connectivity index (χ0n) is 21.0. The highest BCUT2D eigenvalue weighted by Gasteiger charge is 2.24. The van der Waals surface area contributed by atoms with Crippen molar-refractivity contribution in [2.45, 2.75) is 38.5 Å². The van der Waals surface area contributed by atoms with Gasteiger partial charge >= 0.3 is 5.97 Å². The van der Waals surface area contributed by atoms with Gasteiger partial charge in [0.1, 0.15) is 22.5 Å². The van der Waals surface area contributed by atoms with Gasteiger partial charge in [-0.25, -0.2) is 14.8 Å². The first-order valence-electron chi connectivity index (χ1n) is 11.9. The molecule has 37 heavy (non-hydrogen) atoms. The Hall–Kier alpha value is -2.81. The van der Waals surface area contributed by atoms with Crippen molar-refractivity contribution in [1.29, 1.82) is 0 Å². The van der Waals surface area contributed by atoms with Gasteiger partial charge in [0.15, 0.2) is 0 Å². The van der Waals surface area contributed by atoms with Crippen molar-refractivity contribution in [1.82, 2.24) is 14.9 Å². The van der Waals surface area contributed by atoms with Crippen molar-refractivity contribution in [2.75, 3.05) is 20.2 Å². The first kappa shape index (κ1) is 28.8. The summed E-state index contributed by atoms with van der Waals surface area (Å²) < 4.78 is 4.70. The number of allylic oxidation sites excluding steroid dienone is 1. The molecule has 0 saturated carbocycles. The molecule has 2 aromatic heterocycles. The van der Waals surface area contributed by atoms with Crippen LogP contribution >= 0.6 is 23.2 Å². The molecule has 1 aromatic carbocycles. The molecule has 9 heteroatoms. The Labute approximate surface area is 227 Å². The minimum absolute atomic E-state index is 0.0553. The van der Waals surface area contributed by atoms with E-state index in [2.05, 4.69) is 9.97 Å². The summed E-state index contributed by atoms with van der Waals surface area (Å²) in [6.45, 7) is 4.34. The Bertz CT molecular complexity index is 1170. The Kier molecular flexibility index (Phi) is 10.6. The summed E-state index contributed by atoms with van der Waals surface area (Å²) >= 11 is 12.0. The maximum Gasteiger partial charge on any atom is 0.330 e. The SMILES string of the molecule is COC(=O)/C=C(\C)c1ccc(C[C@@H](C)N(CC(O)c2cccc(Cl)n2)CC(O)c2cccc(Cl)n2)cc1. The van der Waals surface area contributed by atoms with Gasteiger partial charge in [-0.1, -0.05) is 59.6 Å². The molecule has 2 heterocycles. The largest absolute Gasteiger partial charge is 0.466 e. The van der Waals surface area contributed by atoms with Gasteiger partial charge in [0.2, 0.25) is 0 Å². The van der Waals surface area contributed by atoms with Crippen LogP contribution in [0.1, 0.15) is 48.6 Å². The summed E-state index contributed by atoms with van der Waals surface area (Å²) in [6, 6.07) is 18.1. The Balaban J connectivity index is 1.78. The number of aromatic nitrogens is 2. The van der Waals surface area contributed by atoms with Crippen LogP contribution in [0.4, 0.5) is 0 Å². The van der Waals surface area contributed by atoms with Gasteiger partial charge in [-0.2, -0.15) is 0 Å². The standard InChI is InChI=1S/C28H31Cl2N3O4/c1-18(14-28(36)37-3)21-12-10-20(11-13-21)15-19(2)33(16-24(34)22-6-4-8-26(29)31-22)17-25(35)23-7-5-9-27(30)32-23/h4-14,19,24-25,34-35H,15-17H2,1-3H3/b18-14+/t19-,24?,25?/m1/s1. The number of pyridine rings is 2. The number of rotatable bonds is 11. The van der Waals surface area contributed by atoms with Crippen LogP contribution in [0.25, 0.3) is 5.57 Å². The molecule has 3 atom stereocenters. The molecule has 0 radical (unpaired) electrons. The molecular weight excluding hydrogens is 513 g/mol. The molecule has 3 aromatic rings. The molecule has 196 valence electrons. The highest BCUT2D eigenvalue weighted by molar-refractivity contribution is 6.29. The second-order valence-electron chi connectivity index (χ2n) is 8.86. The number of carbonyl (C=O) groups is 1. The smallest absolute Gasteiger partial charge is 0.330 e. The highest BCUT2D eigenvalue weighted by atomic mass is 35.5. The minimum atomic E-state index is -0.908. The second kappa shape index (κ2) is 13.7. The summed E-state index contributed by atoms with van der Waals surface area (Å²) in [5.74, 6) is -0.397. The predicted octanol–water partition coefficient (Wildman–Crippen LogP) is 5.06. The predicted molar refractivity (Wildman–Crippen MR) is 145 cm³/mol. The molecular formula is C28H31Cl2N3O4. The number of carbonyl (C=O) groups excluding carboxylic acids is 1. The number of ether oxygens (including phenoxy) is 1. The number of nitrogens with zero attached hydrogens (tertiary/aromatic N) is 3. The Morgan fingerprint density at radius 2 is 1.46 bits per heavy atom. The molecule has 2 unspecified atom stereocenters. The zero-order valence-corrected chi connectivity index (χ0v) is 22.5. The molecule has 0 fully saturated rings. The van der Waals surface area contributed by atoms with Crippen molar-refractivity contribution < 1.29 is 19.7 Å². The van der Waals surface area contributed by atoms with Crippen molar-refractivity contribution >= 4 is 34.7 Å². The zero-order chi connectivity index (χ0) is 26.9. The molecule has 0 aliphatic heterocycles. The van der Waals surface area contributed by atoms with Crippen LogP contribution in [0.15, 0.2) is 66.7 Å². The van der Waals surface area contributed by atoms with Crippen LogP contribution in [0, 0.1) is 0 Å². The lowest BCUT2D eigenvalue weighted by atomic mass is 10.0. The number of hydrogen-bond acceptors (Lipinski definition) is 7. The van der Waals surface area contributed by atoms with E-state index in [0.29, 0.717) is 28.1 Å². The number of halogens is 2. The summed E-state index contributed by atoms with van der Waals surface area (Å²) in [4.78, 5) is 22.0. The maximum absolute atomic E-state index is 11.5. The van der Waals surface area contributed by atoms with E-state index in [1.807, 2.05) is 43.0 Å². The molecule has 3 rings (SSSR count). The number of methoxy groups -OCH3 is 1. The van der Waals surface area contributed by atoms with E-state index < -0.39 is 18.2 Å². The van der Waals surface area contributed by atoms with Gasteiger partial charge in [-0.15, -0.1) is 0 Å². The van der Waals surface area contributed by atoms with E-state index >= 15 is 0 Å². The summed E-state index contributed by atoms with van der Waals surface area (Å²) in [7, 11) is 1.35. The number of aliphatic hydroxyl groups is 2. The van der Waals surface area contributed by atoms with Gasteiger partial charge in [-0.05, 0) is 61.2 Å². The van der Waals surface area contributed by atoms with E-state index in [1.54, 1.807) is 36.4 Å².